The molecule has 0 spiro atoms. The summed E-state index contributed by atoms with van der Waals surface area (Å²) >= 11 is 6.28. The Labute approximate surface area is 178 Å². The SMILES string of the molecule is COc1ccc(Cl)c(-n2ncc3c(=O)[nH]c(Cc4ccccc4OC(F)(F)F)nc32)c1. The van der Waals surface area contributed by atoms with E-state index >= 15 is 0 Å². The first-order chi connectivity index (χ1) is 14.7. The fraction of sp³-hybridized carbons (Fsp3) is 0.150. The maximum absolute atomic E-state index is 12.7. The minimum Gasteiger partial charge on any atom is -0.497 e. The Bertz CT molecular complexity index is 1320. The Morgan fingerprint density at radius 1 is 1.19 bits per heavy atom. The van der Waals surface area contributed by atoms with E-state index < -0.39 is 11.9 Å². The number of nitrogens with one attached hydrogen (secondary N) is 1. The number of benzene rings is 2. The standard InChI is InChI=1S/C20H14ClF3N4O3/c1-30-12-6-7-14(21)15(9-12)28-18-13(10-25-28)19(29)27-17(26-18)8-11-4-2-3-5-16(11)31-20(22,23)24/h2-7,9-10H,8H2,1H3,(H,26,27,29). The average Bonchev–Trinajstić information content (AvgIpc) is 3.13. The lowest BCUT2D eigenvalue weighted by molar-refractivity contribution is -0.274. The molecule has 4 rings (SSSR count). The highest BCUT2D eigenvalue weighted by atomic mass is 35.5. The normalized spacial score (nSPS) is 11.6. The number of alkyl halides is 3. The van der Waals surface area contributed by atoms with E-state index in [0.29, 0.717) is 16.5 Å². The minimum atomic E-state index is -4.84. The number of nitrogens with zero attached hydrogens (tertiary/aromatic N) is 3. The molecule has 2 aromatic carbocycles. The molecule has 0 aliphatic carbocycles. The molecule has 31 heavy (non-hydrogen) atoms. The number of hydrogen-bond donors (Lipinski definition) is 1. The van der Waals surface area contributed by atoms with Gasteiger partial charge in [0.15, 0.2) is 5.65 Å². The predicted molar refractivity (Wildman–Crippen MR) is 107 cm³/mol. The van der Waals surface area contributed by atoms with E-state index in [2.05, 4.69) is 19.8 Å². The van der Waals surface area contributed by atoms with E-state index in [1.54, 1.807) is 24.3 Å². The fourth-order valence-electron chi connectivity index (χ4n) is 3.06. The Kier molecular flexibility index (Phi) is 5.32. The van der Waals surface area contributed by atoms with Gasteiger partial charge in [0.2, 0.25) is 0 Å². The van der Waals surface area contributed by atoms with Crippen LogP contribution in [0.25, 0.3) is 16.7 Å². The Balaban J connectivity index is 1.79. The maximum Gasteiger partial charge on any atom is 0.573 e. The van der Waals surface area contributed by atoms with Crippen LogP contribution >= 0.6 is 11.6 Å². The molecule has 0 aliphatic rings. The van der Waals surface area contributed by atoms with E-state index in [9.17, 15) is 18.0 Å². The quantitative estimate of drug-likeness (QED) is 0.491. The van der Waals surface area contributed by atoms with Crippen molar-refractivity contribution in [3.05, 3.63) is 75.4 Å². The molecule has 0 bridgehead atoms. The number of methoxy groups -OCH3 is 1. The van der Waals surface area contributed by atoms with Crippen LogP contribution in [0.2, 0.25) is 5.02 Å². The van der Waals surface area contributed by atoms with Crippen molar-refractivity contribution >= 4 is 22.6 Å². The molecule has 0 unspecified atom stereocenters. The first kappa shape index (κ1) is 20.7. The maximum atomic E-state index is 12.7. The van der Waals surface area contributed by atoms with Gasteiger partial charge in [-0.3, -0.25) is 4.79 Å². The summed E-state index contributed by atoms with van der Waals surface area (Å²) in [6.45, 7) is 0. The summed E-state index contributed by atoms with van der Waals surface area (Å²) in [5.41, 5.74) is 0.344. The minimum absolute atomic E-state index is 0.103. The molecule has 0 atom stereocenters. The number of ether oxygens (including phenoxy) is 2. The zero-order chi connectivity index (χ0) is 22.2. The highest BCUT2D eigenvalue weighted by molar-refractivity contribution is 6.32. The fourth-order valence-corrected chi connectivity index (χ4v) is 3.26. The van der Waals surface area contributed by atoms with Gasteiger partial charge < -0.3 is 14.5 Å². The largest absolute Gasteiger partial charge is 0.573 e. The molecule has 4 aromatic rings. The van der Waals surface area contributed by atoms with Crippen LogP contribution < -0.4 is 15.0 Å². The van der Waals surface area contributed by atoms with Crippen LogP contribution in [0, 0.1) is 0 Å². The third kappa shape index (κ3) is 4.33. The summed E-state index contributed by atoms with van der Waals surface area (Å²) in [6, 6.07) is 10.5. The van der Waals surface area contributed by atoms with Gasteiger partial charge in [-0.25, -0.2) is 9.67 Å². The monoisotopic (exact) mass is 450 g/mol. The van der Waals surface area contributed by atoms with E-state index in [1.807, 2.05) is 0 Å². The number of fused-ring (bicyclic) bond motifs is 1. The van der Waals surface area contributed by atoms with Crippen LogP contribution in [0.5, 0.6) is 11.5 Å². The number of aromatic nitrogens is 4. The Morgan fingerprint density at radius 2 is 1.97 bits per heavy atom. The van der Waals surface area contributed by atoms with Gasteiger partial charge in [-0.1, -0.05) is 29.8 Å². The van der Waals surface area contributed by atoms with Crippen molar-refractivity contribution in [1.82, 2.24) is 19.7 Å². The average molecular weight is 451 g/mol. The van der Waals surface area contributed by atoms with Crippen LogP contribution in [0.15, 0.2) is 53.5 Å². The predicted octanol–water partition coefficient (Wildman–Crippen LogP) is 4.26. The summed E-state index contributed by atoms with van der Waals surface area (Å²) < 4.78 is 48.8. The first-order valence-electron chi connectivity index (χ1n) is 8.89. The van der Waals surface area contributed by atoms with Gasteiger partial charge in [0, 0.05) is 18.1 Å². The molecular weight excluding hydrogens is 437 g/mol. The molecular formula is C20H14ClF3N4O3. The molecule has 0 fully saturated rings. The van der Waals surface area contributed by atoms with E-state index in [-0.39, 0.29) is 34.6 Å². The van der Waals surface area contributed by atoms with Gasteiger partial charge in [0.1, 0.15) is 22.7 Å². The lowest BCUT2D eigenvalue weighted by atomic mass is 10.1. The second-order valence-corrected chi connectivity index (χ2v) is 6.86. The summed E-state index contributed by atoms with van der Waals surface area (Å²) in [4.78, 5) is 19.5. The van der Waals surface area contributed by atoms with Gasteiger partial charge in [-0.15, -0.1) is 13.2 Å². The van der Waals surface area contributed by atoms with Gasteiger partial charge in [-0.05, 0) is 18.2 Å². The molecule has 2 aromatic heterocycles. The van der Waals surface area contributed by atoms with Gasteiger partial charge in [-0.2, -0.15) is 5.10 Å². The second kappa shape index (κ2) is 7.95. The third-order valence-electron chi connectivity index (χ3n) is 4.42. The highest BCUT2D eigenvalue weighted by Crippen LogP contribution is 2.29. The van der Waals surface area contributed by atoms with Gasteiger partial charge in [0.25, 0.3) is 5.56 Å². The van der Waals surface area contributed by atoms with E-state index in [0.717, 1.165) is 0 Å². The van der Waals surface area contributed by atoms with Crippen LogP contribution in [-0.4, -0.2) is 33.2 Å². The third-order valence-corrected chi connectivity index (χ3v) is 4.74. The summed E-state index contributed by atoms with van der Waals surface area (Å²) in [5, 5.41) is 4.74. The molecule has 0 saturated heterocycles. The van der Waals surface area contributed by atoms with Crippen molar-refractivity contribution in [2.24, 2.45) is 0 Å². The number of halogens is 4. The molecule has 0 saturated carbocycles. The van der Waals surface area contributed by atoms with Crippen LogP contribution in [0.1, 0.15) is 11.4 Å². The molecule has 11 heteroatoms. The second-order valence-electron chi connectivity index (χ2n) is 6.46. The van der Waals surface area contributed by atoms with E-state index in [1.165, 1.54) is 36.2 Å². The number of rotatable bonds is 5. The van der Waals surface area contributed by atoms with Crippen molar-refractivity contribution < 1.29 is 22.6 Å². The van der Waals surface area contributed by atoms with Crippen molar-refractivity contribution in [2.45, 2.75) is 12.8 Å². The van der Waals surface area contributed by atoms with Crippen LogP contribution in [-0.2, 0) is 6.42 Å². The van der Waals surface area contributed by atoms with E-state index in [4.69, 9.17) is 16.3 Å². The zero-order valence-electron chi connectivity index (χ0n) is 15.9. The molecule has 2 heterocycles. The summed E-state index contributed by atoms with van der Waals surface area (Å²) in [7, 11) is 1.50. The Morgan fingerprint density at radius 3 is 2.71 bits per heavy atom. The van der Waals surface area contributed by atoms with Crippen LogP contribution in [0.4, 0.5) is 13.2 Å². The zero-order valence-corrected chi connectivity index (χ0v) is 16.7. The summed E-state index contributed by atoms with van der Waals surface area (Å²) in [6.07, 6.45) is -3.61. The summed E-state index contributed by atoms with van der Waals surface area (Å²) in [5.74, 6) is 0.282. The van der Waals surface area contributed by atoms with Crippen molar-refractivity contribution in [3.63, 3.8) is 0 Å². The molecule has 0 aliphatic heterocycles. The molecule has 0 amide bonds. The van der Waals surface area contributed by atoms with Gasteiger partial charge in [0.05, 0.1) is 24.0 Å². The van der Waals surface area contributed by atoms with Crippen molar-refractivity contribution in [3.8, 4) is 17.2 Å². The molecule has 0 radical (unpaired) electrons. The lowest BCUT2D eigenvalue weighted by Gasteiger charge is -2.13. The first-order valence-corrected chi connectivity index (χ1v) is 9.27. The number of aromatic amines is 1. The molecule has 160 valence electrons. The topological polar surface area (TPSA) is 82.0 Å². The number of hydrogen-bond acceptors (Lipinski definition) is 5. The van der Waals surface area contributed by atoms with Crippen LogP contribution in [0.3, 0.4) is 0 Å². The number of H-pyrrole nitrogens is 1. The number of para-hydroxylation sites is 1. The van der Waals surface area contributed by atoms with Gasteiger partial charge >= 0.3 is 6.36 Å². The molecule has 7 nitrogen and oxygen atoms in total. The lowest BCUT2D eigenvalue weighted by Crippen LogP contribution is -2.18. The highest BCUT2D eigenvalue weighted by Gasteiger charge is 2.32. The van der Waals surface area contributed by atoms with Crippen molar-refractivity contribution in [1.29, 1.82) is 0 Å². The van der Waals surface area contributed by atoms with Crippen molar-refractivity contribution in [2.75, 3.05) is 7.11 Å². The Hall–Kier alpha value is -3.53. The smallest absolute Gasteiger partial charge is 0.497 e. The molecule has 1 N–H and O–H groups in total.